The highest BCUT2D eigenvalue weighted by molar-refractivity contribution is 7.51. The lowest BCUT2D eigenvalue weighted by Crippen LogP contribution is -2.53. The molecule has 4 fully saturated rings. The molecule has 5 atom stereocenters. The first-order valence-electron chi connectivity index (χ1n) is 10.6. The van der Waals surface area contributed by atoms with E-state index in [1.54, 1.807) is 0 Å². The smallest absolute Gasteiger partial charge is 0.325 e. The molecule has 6 rings (SSSR count). The Balaban J connectivity index is 1.40. The molecule has 0 radical (unpaired) electrons. The molecule has 4 saturated heterocycles. The summed E-state index contributed by atoms with van der Waals surface area (Å²) in [4.78, 5) is 33.6. The monoisotopic (exact) mass is 488 g/mol. The van der Waals surface area contributed by atoms with Crippen molar-refractivity contribution in [3.05, 3.63) is 11.6 Å². The molecule has 2 bridgehead atoms. The molecule has 2 aromatic heterocycles. The van der Waals surface area contributed by atoms with Crippen molar-refractivity contribution in [3.8, 4) is 0 Å². The van der Waals surface area contributed by atoms with Gasteiger partial charge in [0.2, 0.25) is 5.28 Å². The minimum absolute atomic E-state index is 0.00843. The maximum absolute atomic E-state index is 11.2. The Bertz CT molecular complexity index is 1040. The van der Waals surface area contributed by atoms with Crippen LogP contribution in [0, 0.1) is 5.92 Å². The van der Waals surface area contributed by atoms with E-state index in [9.17, 15) is 14.8 Å². The highest BCUT2D eigenvalue weighted by Gasteiger charge is 2.45. The average Bonchev–Trinajstić information content (AvgIpc) is 3.28. The van der Waals surface area contributed by atoms with Gasteiger partial charge >= 0.3 is 7.60 Å². The van der Waals surface area contributed by atoms with E-state index in [1.165, 1.54) is 10.9 Å². The first-order valence-corrected chi connectivity index (χ1v) is 12.8. The molecule has 4 aliphatic heterocycles. The van der Waals surface area contributed by atoms with Crippen molar-refractivity contribution in [1.29, 1.82) is 0 Å². The van der Waals surface area contributed by atoms with Gasteiger partial charge in [-0.1, -0.05) is 0 Å². The largest absolute Gasteiger partial charge is 0.388 e. The first kappa shape index (κ1) is 22.4. The number of aromatic nitrogens is 4. The van der Waals surface area contributed by atoms with E-state index in [1.807, 2.05) is 0 Å². The zero-order valence-corrected chi connectivity index (χ0v) is 18.8. The lowest BCUT2D eigenvalue weighted by Gasteiger charge is -2.45. The lowest BCUT2D eigenvalue weighted by atomic mass is 9.84. The average molecular weight is 489 g/mol. The minimum Gasteiger partial charge on any atom is -0.388 e. The second kappa shape index (κ2) is 8.44. The Morgan fingerprint density at radius 2 is 1.97 bits per heavy atom. The number of imidazole rings is 1. The predicted octanol–water partition coefficient (Wildman–Crippen LogP) is 0.173. The van der Waals surface area contributed by atoms with Gasteiger partial charge in [-0.25, -0.2) is 4.98 Å². The van der Waals surface area contributed by atoms with Gasteiger partial charge in [0.15, 0.2) is 23.2 Å². The molecule has 5 N–H and O–H groups in total. The quantitative estimate of drug-likeness (QED) is 0.278. The third-order valence-corrected chi connectivity index (χ3v) is 7.70. The number of aliphatic hydroxyl groups excluding tert-OH is 2. The number of nitrogens with one attached hydrogen (secondary N) is 1. The van der Waals surface area contributed by atoms with Crippen LogP contribution in [0.25, 0.3) is 11.2 Å². The lowest BCUT2D eigenvalue weighted by molar-refractivity contribution is -0.0355. The number of aliphatic hydroxyl groups is 2. The first-order chi connectivity index (χ1) is 15.2. The number of ether oxygens (including phenoxy) is 1. The summed E-state index contributed by atoms with van der Waals surface area (Å²) in [5, 5.41) is 24.4. The number of piperidine rings is 3. The van der Waals surface area contributed by atoms with E-state index in [4.69, 9.17) is 26.1 Å². The summed E-state index contributed by atoms with van der Waals surface area (Å²) in [6.45, 7) is 3.14. The highest BCUT2D eigenvalue weighted by atomic mass is 35.5. The Morgan fingerprint density at radius 3 is 2.62 bits per heavy atom. The summed E-state index contributed by atoms with van der Waals surface area (Å²) in [6.07, 6.45) is -1.49. The predicted molar refractivity (Wildman–Crippen MR) is 114 cm³/mol. The minimum atomic E-state index is -4.26. The van der Waals surface area contributed by atoms with Gasteiger partial charge in [0.05, 0.1) is 18.6 Å². The summed E-state index contributed by atoms with van der Waals surface area (Å²) >= 11 is 6.20. The SMILES string of the molecule is O=P(O)(O)CC[C@H]1O[C@@H](n2cnc3c(NC4CN5CCC4CC5)nc(Cl)nc32)C(O)C1O. The van der Waals surface area contributed by atoms with Crippen molar-refractivity contribution in [3.63, 3.8) is 0 Å². The van der Waals surface area contributed by atoms with Gasteiger partial charge in [-0.3, -0.25) is 9.13 Å². The molecule has 3 unspecified atom stereocenters. The van der Waals surface area contributed by atoms with Crippen molar-refractivity contribution in [2.75, 3.05) is 31.1 Å². The van der Waals surface area contributed by atoms with E-state index in [-0.39, 0.29) is 17.7 Å². The summed E-state index contributed by atoms with van der Waals surface area (Å²) < 4.78 is 18.4. The summed E-state index contributed by atoms with van der Waals surface area (Å²) in [6, 6.07) is 0.226. The molecule has 0 amide bonds. The van der Waals surface area contributed by atoms with Gasteiger partial charge in [0, 0.05) is 12.6 Å². The van der Waals surface area contributed by atoms with Crippen LogP contribution in [0.5, 0.6) is 0 Å². The number of hydrogen-bond acceptors (Lipinski definition) is 9. The van der Waals surface area contributed by atoms with Crippen LogP contribution in [0.1, 0.15) is 25.5 Å². The maximum atomic E-state index is 11.2. The molecular formula is C18H26ClN6O6P. The van der Waals surface area contributed by atoms with E-state index in [0.717, 1.165) is 32.5 Å². The maximum Gasteiger partial charge on any atom is 0.325 e. The molecule has 6 heterocycles. The second-order valence-electron chi connectivity index (χ2n) is 8.78. The number of hydrogen-bond donors (Lipinski definition) is 5. The zero-order valence-electron chi connectivity index (χ0n) is 17.2. The van der Waals surface area contributed by atoms with Crippen LogP contribution in [-0.4, -0.2) is 94.6 Å². The van der Waals surface area contributed by atoms with Crippen molar-refractivity contribution in [1.82, 2.24) is 24.4 Å². The molecule has 12 nitrogen and oxygen atoms in total. The third-order valence-electron chi connectivity index (χ3n) is 6.69. The van der Waals surface area contributed by atoms with E-state index >= 15 is 0 Å². The van der Waals surface area contributed by atoms with Crippen LogP contribution in [0.2, 0.25) is 5.28 Å². The van der Waals surface area contributed by atoms with Crippen LogP contribution in [0.3, 0.4) is 0 Å². The fourth-order valence-corrected chi connectivity index (χ4v) is 5.73. The molecule has 0 aliphatic carbocycles. The molecule has 0 aromatic carbocycles. The fraction of sp³-hybridized carbons (Fsp3) is 0.722. The summed E-state index contributed by atoms with van der Waals surface area (Å²) in [7, 11) is -4.26. The van der Waals surface area contributed by atoms with Crippen molar-refractivity contribution >= 4 is 36.2 Å². The van der Waals surface area contributed by atoms with Crippen LogP contribution < -0.4 is 5.32 Å². The van der Waals surface area contributed by atoms with Gasteiger partial charge in [-0.15, -0.1) is 0 Å². The Kier molecular flexibility index (Phi) is 5.92. The number of fused-ring (bicyclic) bond motifs is 4. The van der Waals surface area contributed by atoms with E-state index in [2.05, 4.69) is 25.2 Å². The van der Waals surface area contributed by atoms with Crippen LogP contribution >= 0.6 is 19.2 Å². The Labute approximate surface area is 188 Å². The van der Waals surface area contributed by atoms with E-state index < -0.39 is 38.3 Å². The highest BCUT2D eigenvalue weighted by Crippen LogP contribution is 2.40. The topological polar surface area (TPSA) is 166 Å². The Hall–Kier alpha value is -1.37. The molecule has 32 heavy (non-hydrogen) atoms. The molecule has 176 valence electrons. The van der Waals surface area contributed by atoms with Gasteiger partial charge < -0.3 is 35.0 Å². The van der Waals surface area contributed by atoms with Gasteiger partial charge in [-0.2, -0.15) is 9.97 Å². The molecule has 2 aromatic rings. The number of anilines is 1. The Morgan fingerprint density at radius 1 is 1.22 bits per heavy atom. The molecular weight excluding hydrogens is 463 g/mol. The van der Waals surface area contributed by atoms with Gasteiger partial charge in [0.1, 0.15) is 12.2 Å². The fourth-order valence-electron chi connectivity index (χ4n) is 4.97. The van der Waals surface area contributed by atoms with Crippen LogP contribution in [0.15, 0.2) is 6.33 Å². The zero-order chi connectivity index (χ0) is 22.6. The van der Waals surface area contributed by atoms with Gasteiger partial charge in [0.25, 0.3) is 0 Å². The van der Waals surface area contributed by atoms with Crippen molar-refractivity contribution in [2.45, 2.75) is 49.8 Å². The summed E-state index contributed by atoms with van der Waals surface area (Å²) in [5.41, 5.74) is 0.801. The summed E-state index contributed by atoms with van der Waals surface area (Å²) in [5.74, 6) is 1.05. The normalized spacial score (nSPS) is 35.0. The van der Waals surface area contributed by atoms with Crippen LogP contribution in [0.4, 0.5) is 5.82 Å². The van der Waals surface area contributed by atoms with Crippen molar-refractivity contribution in [2.24, 2.45) is 5.92 Å². The van der Waals surface area contributed by atoms with E-state index in [0.29, 0.717) is 22.9 Å². The molecule has 14 heteroatoms. The third kappa shape index (κ3) is 4.26. The van der Waals surface area contributed by atoms with Crippen molar-refractivity contribution < 1.29 is 29.3 Å². The second-order valence-corrected chi connectivity index (χ2v) is 10.9. The molecule has 4 aliphatic rings. The molecule has 0 saturated carbocycles. The standard InChI is InChI=1S/C18H26ClN6O6P/c19-18-22-15(21-10-7-24-4-1-9(10)2-5-24)12-16(23-18)25(8-20-12)17-14(27)13(26)11(31-17)3-6-32(28,29)30/h8-11,13-14,17,26-27H,1-7H2,(H,21,22,23)(H2,28,29,30)/t10?,11-,13?,14?,17-/m1/s1. The van der Waals surface area contributed by atoms with Gasteiger partial charge in [-0.05, 0) is 49.9 Å². The number of rotatable bonds is 6. The molecule has 0 spiro atoms. The number of halogens is 1. The number of nitrogens with zero attached hydrogens (tertiary/aromatic N) is 5. The van der Waals surface area contributed by atoms with Crippen LogP contribution in [-0.2, 0) is 9.30 Å².